The molecule has 90 valence electrons. The number of aryl methyl sites for hydroxylation is 1. The van der Waals surface area contributed by atoms with E-state index in [1.807, 2.05) is 20.8 Å². The molecule has 0 aliphatic carbocycles. The highest BCUT2D eigenvalue weighted by molar-refractivity contribution is 6.34. The van der Waals surface area contributed by atoms with Gasteiger partial charge in [0.2, 0.25) is 5.78 Å². The Morgan fingerprint density at radius 2 is 2.06 bits per heavy atom. The Morgan fingerprint density at radius 3 is 2.50 bits per heavy atom. The summed E-state index contributed by atoms with van der Waals surface area (Å²) >= 11 is 5.98. The minimum atomic E-state index is -0.837. The number of ketones is 1. The molecular formula is C11H18ClN3O. The highest BCUT2D eigenvalue weighted by Gasteiger charge is 2.34. The molecule has 1 aromatic rings. The number of aromatic nitrogens is 2. The molecule has 2 N–H and O–H groups in total. The smallest absolute Gasteiger partial charge is 0.202 e. The maximum atomic E-state index is 12.3. The van der Waals surface area contributed by atoms with Crippen LogP contribution in [0.4, 0.5) is 0 Å². The third kappa shape index (κ3) is 2.13. The fourth-order valence-electron chi connectivity index (χ4n) is 1.63. The summed E-state index contributed by atoms with van der Waals surface area (Å²) in [7, 11) is 0. The molecule has 0 saturated heterocycles. The van der Waals surface area contributed by atoms with Gasteiger partial charge in [0.1, 0.15) is 5.69 Å². The summed E-state index contributed by atoms with van der Waals surface area (Å²) in [6, 6.07) is 0. The summed E-state index contributed by atoms with van der Waals surface area (Å²) in [5, 5.41) is 4.42. The van der Waals surface area contributed by atoms with Gasteiger partial charge >= 0.3 is 0 Å². The predicted octanol–water partition coefficient (Wildman–Crippen LogP) is 2.26. The molecule has 0 atom stereocenters. The van der Waals surface area contributed by atoms with Gasteiger partial charge in [-0.2, -0.15) is 5.10 Å². The number of hydrogen-bond acceptors (Lipinski definition) is 3. The van der Waals surface area contributed by atoms with E-state index in [4.69, 9.17) is 17.3 Å². The SMILES string of the molecule is CCn1ncc(Cl)c1C(=O)C(N)(CC)CC. The van der Waals surface area contributed by atoms with E-state index < -0.39 is 5.54 Å². The maximum absolute atomic E-state index is 12.3. The Labute approximate surface area is 101 Å². The average Bonchev–Trinajstić information content (AvgIpc) is 2.68. The zero-order valence-corrected chi connectivity index (χ0v) is 10.7. The minimum Gasteiger partial charge on any atom is -0.319 e. The lowest BCUT2D eigenvalue weighted by molar-refractivity contribution is 0.0868. The van der Waals surface area contributed by atoms with E-state index in [9.17, 15) is 4.79 Å². The highest BCUT2D eigenvalue weighted by atomic mass is 35.5. The second kappa shape index (κ2) is 4.97. The van der Waals surface area contributed by atoms with Gasteiger partial charge < -0.3 is 5.73 Å². The highest BCUT2D eigenvalue weighted by Crippen LogP contribution is 2.23. The number of nitrogens with zero attached hydrogens (tertiary/aromatic N) is 2. The van der Waals surface area contributed by atoms with Crippen LogP contribution in [0.15, 0.2) is 6.20 Å². The van der Waals surface area contributed by atoms with Crippen molar-refractivity contribution in [2.75, 3.05) is 0 Å². The summed E-state index contributed by atoms with van der Waals surface area (Å²) in [5.74, 6) is -0.123. The van der Waals surface area contributed by atoms with Gasteiger partial charge in [0.15, 0.2) is 0 Å². The van der Waals surface area contributed by atoms with Crippen LogP contribution < -0.4 is 5.73 Å². The van der Waals surface area contributed by atoms with Gasteiger partial charge in [-0.25, -0.2) is 0 Å². The summed E-state index contributed by atoms with van der Waals surface area (Å²) in [5.41, 5.74) is 5.66. The van der Waals surface area contributed by atoms with Gasteiger partial charge in [-0.05, 0) is 19.8 Å². The molecule has 0 aliphatic rings. The zero-order chi connectivity index (χ0) is 12.3. The zero-order valence-electron chi connectivity index (χ0n) is 9.96. The van der Waals surface area contributed by atoms with Gasteiger partial charge in [-0.15, -0.1) is 0 Å². The van der Waals surface area contributed by atoms with Gasteiger partial charge in [0, 0.05) is 6.54 Å². The Hall–Kier alpha value is -0.870. The predicted molar refractivity (Wildman–Crippen MR) is 64.7 cm³/mol. The van der Waals surface area contributed by atoms with Crippen molar-refractivity contribution in [1.29, 1.82) is 0 Å². The van der Waals surface area contributed by atoms with Crippen LogP contribution in [0, 0.1) is 0 Å². The summed E-state index contributed by atoms with van der Waals surface area (Å²) < 4.78 is 1.59. The van der Waals surface area contributed by atoms with Gasteiger partial charge in [0.05, 0.1) is 16.8 Å². The van der Waals surface area contributed by atoms with E-state index in [2.05, 4.69) is 5.10 Å². The van der Waals surface area contributed by atoms with Crippen molar-refractivity contribution in [2.45, 2.75) is 45.7 Å². The number of nitrogens with two attached hydrogens (primary N) is 1. The molecule has 1 aromatic heterocycles. The van der Waals surface area contributed by atoms with Crippen molar-refractivity contribution in [3.63, 3.8) is 0 Å². The number of carbonyl (C=O) groups excluding carboxylic acids is 1. The van der Waals surface area contributed by atoms with E-state index in [1.165, 1.54) is 6.20 Å². The largest absolute Gasteiger partial charge is 0.319 e. The first-order chi connectivity index (χ1) is 7.50. The molecule has 0 bridgehead atoms. The van der Waals surface area contributed by atoms with E-state index in [-0.39, 0.29) is 5.78 Å². The van der Waals surface area contributed by atoms with Crippen LogP contribution in [-0.2, 0) is 6.54 Å². The molecule has 0 unspecified atom stereocenters. The standard InChI is InChI=1S/C11H18ClN3O/c1-4-11(13,5-2)10(16)9-8(12)7-14-15(9)6-3/h7H,4-6,13H2,1-3H3. The van der Waals surface area contributed by atoms with Crippen LogP contribution >= 0.6 is 11.6 Å². The van der Waals surface area contributed by atoms with Crippen molar-refractivity contribution in [3.05, 3.63) is 16.9 Å². The topological polar surface area (TPSA) is 60.9 Å². The van der Waals surface area contributed by atoms with Crippen molar-refractivity contribution in [2.24, 2.45) is 5.73 Å². The Balaban J connectivity index is 3.18. The molecule has 16 heavy (non-hydrogen) atoms. The molecule has 0 spiro atoms. The van der Waals surface area contributed by atoms with E-state index >= 15 is 0 Å². The van der Waals surface area contributed by atoms with Crippen LogP contribution in [0.1, 0.15) is 44.1 Å². The van der Waals surface area contributed by atoms with E-state index in [0.717, 1.165) is 0 Å². The summed E-state index contributed by atoms with van der Waals surface area (Å²) in [6.45, 7) is 6.33. The lowest BCUT2D eigenvalue weighted by atomic mass is 9.87. The molecule has 0 radical (unpaired) electrons. The molecule has 4 nitrogen and oxygen atoms in total. The van der Waals surface area contributed by atoms with Crippen molar-refractivity contribution >= 4 is 17.4 Å². The van der Waals surface area contributed by atoms with Gasteiger partial charge in [-0.3, -0.25) is 9.48 Å². The fourth-order valence-corrected chi connectivity index (χ4v) is 1.86. The van der Waals surface area contributed by atoms with Gasteiger partial charge in [-0.1, -0.05) is 25.4 Å². The molecule has 0 aromatic carbocycles. The number of rotatable bonds is 5. The van der Waals surface area contributed by atoms with E-state index in [0.29, 0.717) is 30.1 Å². The lowest BCUT2D eigenvalue weighted by Crippen LogP contribution is -2.47. The average molecular weight is 244 g/mol. The molecule has 1 rings (SSSR count). The van der Waals surface area contributed by atoms with Crippen LogP contribution in [-0.4, -0.2) is 21.1 Å². The second-order valence-electron chi connectivity index (χ2n) is 3.85. The number of Topliss-reactive ketones (excluding diaryl/α,β-unsaturated/α-hetero) is 1. The first kappa shape index (κ1) is 13.2. The van der Waals surface area contributed by atoms with Crippen molar-refractivity contribution in [1.82, 2.24) is 9.78 Å². The monoisotopic (exact) mass is 243 g/mol. The quantitative estimate of drug-likeness (QED) is 0.807. The Bertz CT molecular complexity index is 383. The normalized spacial score (nSPS) is 11.8. The minimum absolute atomic E-state index is 0.123. The first-order valence-corrected chi connectivity index (χ1v) is 5.92. The summed E-state index contributed by atoms with van der Waals surface area (Å²) in [4.78, 5) is 12.3. The van der Waals surface area contributed by atoms with Crippen LogP contribution in [0.25, 0.3) is 0 Å². The third-order valence-electron chi connectivity index (χ3n) is 3.02. The van der Waals surface area contributed by atoms with Crippen LogP contribution in [0.5, 0.6) is 0 Å². The molecule has 1 heterocycles. The van der Waals surface area contributed by atoms with E-state index in [1.54, 1.807) is 4.68 Å². The Kier molecular flexibility index (Phi) is 4.10. The molecule has 0 saturated carbocycles. The van der Waals surface area contributed by atoms with Crippen molar-refractivity contribution < 1.29 is 4.79 Å². The second-order valence-corrected chi connectivity index (χ2v) is 4.26. The Morgan fingerprint density at radius 1 is 1.50 bits per heavy atom. The molecule has 0 amide bonds. The van der Waals surface area contributed by atoms with Crippen molar-refractivity contribution in [3.8, 4) is 0 Å². The molecular weight excluding hydrogens is 226 g/mol. The van der Waals surface area contributed by atoms with Crippen LogP contribution in [0.2, 0.25) is 5.02 Å². The number of halogens is 1. The summed E-state index contributed by atoms with van der Waals surface area (Å²) in [6.07, 6.45) is 2.67. The molecule has 5 heteroatoms. The lowest BCUT2D eigenvalue weighted by Gasteiger charge is -2.25. The molecule has 0 aliphatic heterocycles. The molecule has 0 fully saturated rings. The fraction of sp³-hybridized carbons (Fsp3) is 0.636. The number of hydrogen-bond donors (Lipinski definition) is 1. The first-order valence-electron chi connectivity index (χ1n) is 5.55. The third-order valence-corrected chi connectivity index (χ3v) is 3.30. The van der Waals surface area contributed by atoms with Crippen LogP contribution in [0.3, 0.4) is 0 Å². The maximum Gasteiger partial charge on any atom is 0.202 e. The number of carbonyl (C=O) groups is 1. The van der Waals surface area contributed by atoms with Gasteiger partial charge in [0.25, 0.3) is 0 Å².